The number of hydrogen-bond acceptors (Lipinski definition) is 4. The summed E-state index contributed by atoms with van der Waals surface area (Å²) in [6.45, 7) is 2.17. The molecule has 3 rings (SSSR count). The van der Waals surface area contributed by atoms with Crippen molar-refractivity contribution in [2.75, 3.05) is 6.79 Å². The minimum absolute atomic E-state index is 0.120. The number of carbonyl (C=O) groups is 1. The molecule has 0 spiro atoms. The lowest BCUT2D eigenvalue weighted by Gasteiger charge is -2.14. The van der Waals surface area contributed by atoms with E-state index in [1.807, 2.05) is 25.1 Å². The van der Waals surface area contributed by atoms with Gasteiger partial charge in [-0.15, -0.1) is 0 Å². The summed E-state index contributed by atoms with van der Waals surface area (Å²) in [6.07, 6.45) is 3.19. The van der Waals surface area contributed by atoms with Crippen LogP contribution in [0.3, 0.4) is 0 Å². The van der Waals surface area contributed by atoms with Crippen LogP contribution in [0.5, 0.6) is 11.5 Å². The SMILES string of the molecule is C[C@H](NC(=O)c1ccncc1)c1ccc2c(c1)OCO2. The molecule has 102 valence electrons. The van der Waals surface area contributed by atoms with Gasteiger partial charge in [0.1, 0.15) is 0 Å². The third-order valence-electron chi connectivity index (χ3n) is 3.19. The molecule has 0 radical (unpaired) electrons. The van der Waals surface area contributed by atoms with Crippen molar-refractivity contribution in [3.8, 4) is 11.5 Å². The number of fused-ring (bicyclic) bond motifs is 1. The first-order valence-electron chi connectivity index (χ1n) is 6.34. The molecule has 1 aromatic heterocycles. The van der Waals surface area contributed by atoms with Gasteiger partial charge in [0.05, 0.1) is 6.04 Å². The Morgan fingerprint density at radius 1 is 1.20 bits per heavy atom. The van der Waals surface area contributed by atoms with E-state index in [4.69, 9.17) is 9.47 Å². The predicted octanol–water partition coefficient (Wildman–Crippen LogP) is 2.30. The number of nitrogens with one attached hydrogen (secondary N) is 1. The lowest BCUT2D eigenvalue weighted by atomic mass is 10.1. The molecular weight excluding hydrogens is 256 g/mol. The Morgan fingerprint density at radius 2 is 1.95 bits per heavy atom. The quantitative estimate of drug-likeness (QED) is 0.929. The lowest BCUT2D eigenvalue weighted by molar-refractivity contribution is 0.0939. The largest absolute Gasteiger partial charge is 0.454 e. The van der Waals surface area contributed by atoms with Gasteiger partial charge in [-0.05, 0) is 36.8 Å². The molecule has 2 aromatic rings. The monoisotopic (exact) mass is 270 g/mol. The summed E-state index contributed by atoms with van der Waals surface area (Å²) in [5, 5.41) is 2.94. The van der Waals surface area contributed by atoms with Crippen molar-refractivity contribution < 1.29 is 14.3 Å². The number of carbonyl (C=O) groups excluding carboxylic acids is 1. The zero-order valence-corrected chi connectivity index (χ0v) is 11.0. The number of ether oxygens (including phenoxy) is 2. The first-order valence-corrected chi connectivity index (χ1v) is 6.34. The van der Waals surface area contributed by atoms with Crippen molar-refractivity contribution in [3.05, 3.63) is 53.9 Å². The molecule has 20 heavy (non-hydrogen) atoms. The molecule has 1 aliphatic heterocycles. The second-order valence-corrected chi connectivity index (χ2v) is 4.54. The van der Waals surface area contributed by atoms with E-state index in [2.05, 4.69) is 10.3 Å². The molecule has 5 nitrogen and oxygen atoms in total. The van der Waals surface area contributed by atoms with E-state index >= 15 is 0 Å². The molecule has 0 aliphatic carbocycles. The fourth-order valence-electron chi connectivity index (χ4n) is 2.05. The minimum atomic E-state index is -0.127. The summed E-state index contributed by atoms with van der Waals surface area (Å²) in [6, 6.07) is 8.91. The number of hydrogen-bond donors (Lipinski definition) is 1. The average Bonchev–Trinajstić information content (AvgIpc) is 2.95. The number of benzene rings is 1. The van der Waals surface area contributed by atoms with Crippen LogP contribution >= 0.6 is 0 Å². The van der Waals surface area contributed by atoms with Crippen molar-refractivity contribution >= 4 is 5.91 Å². The summed E-state index contributed by atoms with van der Waals surface area (Å²) in [7, 11) is 0. The predicted molar refractivity (Wildman–Crippen MR) is 72.7 cm³/mol. The van der Waals surface area contributed by atoms with Crippen molar-refractivity contribution in [1.29, 1.82) is 0 Å². The molecule has 0 unspecified atom stereocenters. The van der Waals surface area contributed by atoms with Crippen LogP contribution in [0, 0.1) is 0 Å². The highest BCUT2D eigenvalue weighted by molar-refractivity contribution is 5.94. The van der Waals surface area contributed by atoms with Crippen LogP contribution in [0.1, 0.15) is 28.9 Å². The van der Waals surface area contributed by atoms with E-state index in [0.29, 0.717) is 11.3 Å². The summed E-state index contributed by atoms with van der Waals surface area (Å²) in [4.78, 5) is 16.0. The van der Waals surface area contributed by atoms with E-state index in [9.17, 15) is 4.79 Å². The van der Waals surface area contributed by atoms with E-state index in [-0.39, 0.29) is 18.7 Å². The zero-order chi connectivity index (χ0) is 13.9. The van der Waals surface area contributed by atoms with Crippen LogP contribution in [-0.2, 0) is 0 Å². The molecule has 2 heterocycles. The number of pyridine rings is 1. The summed E-state index contributed by atoms with van der Waals surface area (Å²) >= 11 is 0. The molecule has 0 saturated heterocycles. The smallest absolute Gasteiger partial charge is 0.251 e. The number of amides is 1. The minimum Gasteiger partial charge on any atom is -0.454 e. The highest BCUT2D eigenvalue weighted by Gasteiger charge is 2.17. The van der Waals surface area contributed by atoms with Crippen LogP contribution in [0.2, 0.25) is 0 Å². The fourth-order valence-corrected chi connectivity index (χ4v) is 2.05. The Bertz CT molecular complexity index is 628. The first-order chi connectivity index (χ1) is 9.74. The Balaban J connectivity index is 1.73. The summed E-state index contributed by atoms with van der Waals surface area (Å²) in [5.41, 5.74) is 1.56. The second-order valence-electron chi connectivity index (χ2n) is 4.54. The van der Waals surface area contributed by atoms with Crippen LogP contribution < -0.4 is 14.8 Å². The van der Waals surface area contributed by atoms with Gasteiger partial charge in [0.15, 0.2) is 11.5 Å². The van der Waals surface area contributed by atoms with Gasteiger partial charge < -0.3 is 14.8 Å². The highest BCUT2D eigenvalue weighted by atomic mass is 16.7. The van der Waals surface area contributed by atoms with E-state index in [0.717, 1.165) is 11.3 Å². The Hall–Kier alpha value is -2.56. The molecule has 1 aromatic carbocycles. The maximum atomic E-state index is 12.1. The summed E-state index contributed by atoms with van der Waals surface area (Å²) in [5.74, 6) is 1.33. The molecule has 5 heteroatoms. The Labute approximate surface area is 116 Å². The fraction of sp³-hybridized carbons (Fsp3) is 0.200. The van der Waals surface area contributed by atoms with Gasteiger partial charge in [-0.2, -0.15) is 0 Å². The van der Waals surface area contributed by atoms with Gasteiger partial charge in [0, 0.05) is 18.0 Å². The van der Waals surface area contributed by atoms with Gasteiger partial charge in [-0.1, -0.05) is 6.07 Å². The molecule has 1 amide bonds. The normalized spacial score (nSPS) is 13.8. The number of aromatic nitrogens is 1. The van der Waals surface area contributed by atoms with Crippen molar-refractivity contribution in [2.45, 2.75) is 13.0 Å². The third-order valence-corrected chi connectivity index (χ3v) is 3.19. The van der Waals surface area contributed by atoms with Crippen LogP contribution in [0.25, 0.3) is 0 Å². The van der Waals surface area contributed by atoms with Gasteiger partial charge >= 0.3 is 0 Å². The van der Waals surface area contributed by atoms with Gasteiger partial charge in [-0.3, -0.25) is 9.78 Å². The van der Waals surface area contributed by atoms with Crippen molar-refractivity contribution in [2.24, 2.45) is 0 Å². The maximum absolute atomic E-state index is 12.1. The zero-order valence-electron chi connectivity index (χ0n) is 11.0. The van der Waals surface area contributed by atoms with Gasteiger partial charge in [0.25, 0.3) is 5.91 Å². The van der Waals surface area contributed by atoms with Gasteiger partial charge in [-0.25, -0.2) is 0 Å². The number of nitrogens with zero attached hydrogens (tertiary/aromatic N) is 1. The van der Waals surface area contributed by atoms with E-state index in [1.54, 1.807) is 24.5 Å². The molecule has 0 fully saturated rings. The van der Waals surface area contributed by atoms with E-state index in [1.165, 1.54) is 0 Å². The van der Waals surface area contributed by atoms with E-state index < -0.39 is 0 Å². The lowest BCUT2D eigenvalue weighted by Crippen LogP contribution is -2.26. The molecular formula is C15H14N2O3. The standard InChI is InChI=1S/C15H14N2O3/c1-10(17-15(18)11-4-6-16-7-5-11)12-2-3-13-14(8-12)20-9-19-13/h2-8,10H,9H2,1H3,(H,17,18)/t10-/m0/s1. The third kappa shape index (κ3) is 2.42. The van der Waals surface area contributed by atoms with Crippen molar-refractivity contribution in [3.63, 3.8) is 0 Å². The van der Waals surface area contributed by atoms with Crippen molar-refractivity contribution in [1.82, 2.24) is 10.3 Å². The number of rotatable bonds is 3. The van der Waals surface area contributed by atoms with Gasteiger partial charge in [0.2, 0.25) is 6.79 Å². The molecule has 0 saturated carbocycles. The maximum Gasteiger partial charge on any atom is 0.251 e. The van der Waals surface area contributed by atoms with Crippen LogP contribution in [0.4, 0.5) is 0 Å². The summed E-state index contributed by atoms with van der Waals surface area (Å²) < 4.78 is 10.6. The molecule has 1 N–H and O–H groups in total. The average molecular weight is 270 g/mol. The highest BCUT2D eigenvalue weighted by Crippen LogP contribution is 2.34. The molecule has 0 bridgehead atoms. The van der Waals surface area contributed by atoms with Crippen LogP contribution in [-0.4, -0.2) is 17.7 Å². The first kappa shape index (κ1) is 12.5. The Morgan fingerprint density at radius 3 is 2.75 bits per heavy atom. The molecule has 1 atom stereocenters. The second kappa shape index (κ2) is 5.21. The Kier molecular flexibility index (Phi) is 3.25. The molecule has 1 aliphatic rings. The van der Waals surface area contributed by atoms with Crippen LogP contribution in [0.15, 0.2) is 42.7 Å². The topological polar surface area (TPSA) is 60.5 Å².